The molecule has 0 saturated heterocycles. The van der Waals surface area contributed by atoms with Crippen LogP contribution < -0.4 is 5.32 Å². The van der Waals surface area contributed by atoms with E-state index < -0.39 is 13.0 Å². The molecule has 92 valence electrons. The van der Waals surface area contributed by atoms with Crippen molar-refractivity contribution >= 4 is 11.3 Å². The Morgan fingerprint density at radius 1 is 1.44 bits per heavy atom. The molecule has 1 heterocycles. The number of aromatic nitrogens is 1. The fourth-order valence-electron chi connectivity index (χ4n) is 1.13. The number of thiazole rings is 1. The predicted molar refractivity (Wildman–Crippen MR) is 60.1 cm³/mol. The first-order valence-corrected chi connectivity index (χ1v) is 5.90. The molecule has 0 fully saturated rings. The lowest BCUT2D eigenvalue weighted by molar-refractivity contribution is 0.0187. The highest BCUT2D eigenvalue weighted by molar-refractivity contribution is 7.11. The lowest BCUT2D eigenvalue weighted by Crippen LogP contribution is -2.20. The maximum Gasteiger partial charge on any atom is 0.261 e. The standard InChI is InChI=1S/C10H16F2N2OS/c1-7-8(2)16-10(14-7)5-13-3-4-15-6-9(11)12/h9,13H,3-6H2,1-2H3. The Morgan fingerprint density at radius 2 is 2.19 bits per heavy atom. The molecule has 0 unspecified atom stereocenters. The van der Waals surface area contributed by atoms with Gasteiger partial charge in [0, 0.05) is 18.0 Å². The Bertz CT molecular complexity index is 298. The van der Waals surface area contributed by atoms with Crippen molar-refractivity contribution in [2.45, 2.75) is 26.8 Å². The van der Waals surface area contributed by atoms with Crippen LogP contribution >= 0.6 is 11.3 Å². The van der Waals surface area contributed by atoms with Gasteiger partial charge in [-0.2, -0.15) is 0 Å². The second-order valence-corrected chi connectivity index (χ2v) is 4.68. The van der Waals surface area contributed by atoms with E-state index in [-0.39, 0.29) is 0 Å². The molecule has 0 radical (unpaired) electrons. The molecule has 1 aromatic heterocycles. The number of hydrogen-bond acceptors (Lipinski definition) is 4. The van der Waals surface area contributed by atoms with Crippen molar-refractivity contribution in [2.75, 3.05) is 19.8 Å². The average molecular weight is 250 g/mol. The number of aryl methyl sites for hydroxylation is 2. The van der Waals surface area contributed by atoms with Crippen LogP contribution in [0.25, 0.3) is 0 Å². The summed E-state index contributed by atoms with van der Waals surface area (Å²) in [4.78, 5) is 5.57. The zero-order valence-electron chi connectivity index (χ0n) is 9.43. The number of halogens is 2. The molecule has 0 aromatic carbocycles. The lowest BCUT2D eigenvalue weighted by Gasteiger charge is -2.03. The summed E-state index contributed by atoms with van der Waals surface area (Å²) in [6, 6.07) is 0. The summed E-state index contributed by atoms with van der Waals surface area (Å²) in [5.41, 5.74) is 1.05. The monoisotopic (exact) mass is 250 g/mol. The van der Waals surface area contributed by atoms with Crippen molar-refractivity contribution in [1.82, 2.24) is 10.3 Å². The van der Waals surface area contributed by atoms with Gasteiger partial charge in [-0.05, 0) is 13.8 Å². The Labute approximate surface area is 97.8 Å². The molecule has 0 aliphatic carbocycles. The highest BCUT2D eigenvalue weighted by Crippen LogP contribution is 2.15. The number of hydrogen-bond donors (Lipinski definition) is 1. The topological polar surface area (TPSA) is 34.2 Å². The van der Waals surface area contributed by atoms with Crippen LogP contribution in [0.5, 0.6) is 0 Å². The third-order valence-electron chi connectivity index (χ3n) is 2.02. The highest BCUT2D eigenvalue weighted by atomic mass is 32.1. The van der Waals surface area contributed by atoms with E-state index in [0.717, 1.165) is 10.7 Å². The highest BCUT2D eigenvalue weighted by Gasteiger charge is 2.03. The second kappa shape index (κ2) is 6.88. The van der Waals surface area contributed by atoms with Crippen LogP contribution in [0.1, 0.15) is 15.6 Å². The van der Waals surface area contributed by atoms with E-state index in [9.17, 15) is 8.78 Å². The van der Waals surface area contributed by atoms with Gasteiger partial charge >= 0.3 is 0 Å². The van der Waals surface area contributed by atoms with E-state index in [1.54, 1.807) is 11.3 Å². The van der Waals surface area contributed by atoms with E-state index in [0.29, 0.717) is 19.7 Å². The summed E-state index contributed by atoms with van der Waals surface area (Å²) in [5.74, 6) is 0. The summed E-state index contributed by atoms with van der Waals surface area (Å²) in [6.45, 7) is 5.04. The number of rotatable bonds is 7. The van der Waals surface area contributed by atoms with Gasteiger partial charge in [-0.3, -0.25) is 0 Å². The zero-order valence-corrected chi connectivity index (χ0v) is 10.2. The van der Waals surface area contributed by atoms with Gasteiger partial charge in [0.1, 0.15) is 11.6 Å². The van der Waals surface area contributed by atoms with Gasteiger partial charge in [0.2, 0.25) is 0 Å². The fraction of sp³-hybridized carbons (Fsp3) is 0.700. The van der Waals surface area contributed by atoms with Gasteiger partial charge in [-0.1, -0.05) is 0 Å². The summed E-state index contributed by atoms with van der Waals surface area (Å²) in [7, 11) is 0. The van der Waals surface area contributed by atoms with Crippen LogP contribution in [0.3, 0.4) is 0 Å². The Hall–Kier alpha value is -0.590. The smallest absolute Gasteiger partial charge is 0.261 e. The Balaban J connectivity index is 2.07. The van der Waals surface area contributed by atoms with E-state index in [4.69, 9.17) is 4.74 Å². The number of alkyl halides is 2. The summed E-state index contributed by atoms with van der Waals surface area (Å²) >= 11 is 1.65. The fourth-order valence-corrected chi connectivity index (χ4v) is 2.03. The third-order valence-corrected chi connectivity index (χ3v) is 3.09. The van der Waals surface area contributed by atoms with Crippen molar-refractivity contribution in [1.29, 1.82) is 0 Å². The maximum atomic E-state index is 11.7. The van der Waals surface area contributed by atoms with Crippen molar-refractivity contribution in [3.63, 3.8) is 0 Å². The molecular weight excluding hydrogens is 234 g/mol. The van der Waals surface area contributed by atoms with Crippen LogP contribution in [0.2, 0.25) is 0 Å². The van der Waals surface area contributed by atoms with Crippen molar-refractivity contribution in [3.8, 4) is 0 Å². The first kappa shape index (κ1) is 13.5. The van der Waals surface area contributed by atoms with Gasteiger partial charge in [0.25, 0.3) is 6.43 Å². The molecule has 3 nitrogen and oxygen atoms in total. The number of nitrogens with zero attached hydrogens (tertiary/aromatic N) is 1. The molecular formula is C10H16F2N2OS. The second-order valence-electron chi connectivity index (χ2n) is 3.39. The average Bonchev–Trinajstić information content (AvgIpc) is 2.52. The molecule has 1 rings (SSSR count). The minimum absolute atomic E-state index is 0.299. The summed E-state index contributed by atoms with van der Waals surface area (Å²) in [6.07, 6.45) is -2.38. The lowest BCUT2D eigenvalue weighted by atomic mass is 10.4. The van der Waals surface area contributed by atoms with Gasteiger partial charge in [-0.15, -0.1) is 11.3 Å². The summed E-state index contributed by atoms with van der Waals surface area (Å²) < 4.78 is 28.1. The van der Waals surface area contributed by atoms with Crippen LogP contribution in [0.4, 0.5) is 8.78 Å². The van der Waals surface area contributed by atoms with Gasteiger partial charge in [-0.25, -0.2) is 13.8 Å². The van der Waals surface area contributed by atoms with Crippen molar-refractivity contribution in [3.05, 3.63) is 15.6 Å². The number of ether oxygens (including phenoxy) is 1. The normalized spacial score (nSPS) is 11.3. The third kappa shape index (κ3) is 4.96. The SMILES string of the molecule is Cc1nc(CNCCOCC(F)F)sc1C. The molecule has 1 aromatic rings. The van der Waals surface area contributed by atoms with E-state index in [2.05, 4.69) is 10.3 Å². The van der Waals surface area contributed by atoms with Crippen molar-refractivity contribution < 1.29 is 13.5 Å². The zero-order chi connectivity index (χ0) is 12.0. The van der Waals surface area contributed by atoms with E-state index in [1.165, 1.54) is 4.88 Å². The molecule has 0 aliphatic rings. The molecule has 0 spiro atoms. The minimum Gasteiger partial charge on any atom is -0.374 e. The van der Waals surface area contributed by atoms with Crippen LogP contribution in [-0.4, -0.2) is 31.2 Å². The van der Waals surface area contributed by atoms with Crippen LogP contribution in [0, 0.1) is 13.8 Å². The molecule has 0 atom stereocenters. The predicted octanol–water partition coefficient (Wildman–Crippen LogP) is 2.13. The molecule has 0 saturated carbocycles. The molecule has 16 heavy (non-hydrogen) atoms. The van der Waals surface area contributed by atoms with Gasteiger partial charge in [0.05, 0.1) is 12.3 Å². The van der Waals surface area contributed by atoms with E-state index >= 15 is 0 Å². The largest absolute Gasteiger partial charge is 0.374 e. The van der Waals surface area contributed by atoms with Crippen molar-refractivity contribution in [2.24, 2.45) is 0 Å². The molecule has 6 heteroatoms. The Morgan fingerprint density at radius 3 is 2.75 bits per heavy atom. The van der Waals surface area contributed by atoms with Crippen LogP contribution in [0.15, 0.2) is 0 Å². The first-order valence-electron chi connectivity index (χ1n) is 5.09. The van der Waals surface area contributed by atoms with Crippen LogP contribution in [-0.2, 0) is 11.3 Å². The summed E-state index contributed by atoms with van der Waals surface area (Å²) in [5, 5.41) is 4.11. The quantitative estimate of drug-likeness (QED) is 0.753. The molecule has 1 N–H and O–H groups in total. The first-order chi connectivity index (χ1) is 7.59. The van der Waals surface area contributed by atoms with Gasteiger partial charge in [0.15, 0.2) is 0 Å². The Kier molecular flexibility index (Phi) is 5.79. The maximum absolute atomic E-state index is 11.7. The molecule has 0 bridgehead atoms. The van der Waals surface area contributed by atoms with E-state index in [1.807, 2.05) is 13.8 Å². The minimum atomic E-state index is -2.38. The number of nitrogens with one attached hydrogen (secondary N) is 1. The molecule has 0 amide bonds. The van der Waals surface area contributed by atoms with Gasteiger partial charge < -0.3 is 10.1 Å². The molecule has 0 aliphatic heterocycles.